The third-order valence-corrected chi connectivity index (χ3v) is 5.53. The van der Waals surface area contributed by atoms with Crippen LogP contribution in [-0.2, 0) is 16.4 Å². The highest BCUT2D eigenvalue weighted by molar-refractivity contribution is 7.92. The Morgan fingerprint density at radius 1 is 1.12 bits per heavy atom. The van der Waals surface area contributed by atoms with E-state index in [1.54, 1.807) is 36.4 Å². The topological polar surface area (TPSA) is 82.1 Å². The SMILES string of the molecule is CS(=O)(=O)N1CCCc2cc(C(=O)Oc3ccc4c(c3)OCO4)ccc21. The van der Waals surface area contributed by atoms with Gasteiger partial charge in [-0.15, -0.1) is 0 Å². The third kappa shape index (κ3) is 3.08. The molecule has 26 heavy (non-hydrogen) atoms. The van der Waals surface area contributed by atoms with Crippen molar-refractivity contribution in [1.82, 2.24) is 0 Å². The molecule has 0 amide bonds. The lowest BCUT2D eigenvalue weighted by atomic mass is 10.0. The van der Waals surface area contributed by atoms with Crippen LogP contribution >= 0.6 is 0 Å². The van der Waals surface area contributed by atoms with Gasteiger partial charge in [0.05, 0.1) is 17.5 Å². The monoisotopic (exact) mass is 375 g/mol. The molecule has 0 aromatic heterocycles. The van der Waals surface area contributed by atoms with Crippen LogP contribution in [0.25, 0.3) is 0 Å². The molecule has 2 aromatic rings. The minimum Gasteiger partial charge on any atom is -0.454 e. The molecule has 7 nitrogen and oxygen atoms in total. The standard InChI is InChI=1S/C18H17NO6S/c1-26(21,22)19-8-2-3-12-9-13(4-6-15(12)19)18(20)25-14-5-7-16-17(10-14)24-11-23-16/h4-7,9-10H,2-3,8,11H2,1H3. The number of anilines is 1. The molecule has 0 unspecified atom stereocenters. The predicted octanol–water partition coefficient (Wildman–Crippen LogP) is 2.35. The van der Waals surface area contributed by atoms with Gasteiger partial charge in [-0.3, -0.25) is 4.31 Å². The number of carbonyl (C=O) groups is 1. The second-order valence-electron chi connectivity index (χ2n) is 6.19. The minimum absolute atomic E-state index is 0.147. The molecule has 0 saturated heterocycles. The fourth-order valence-corrected chi connectivity index (χ4v) is 4.14. The lowest BCUT2D eigenvalue weighted by Gasteiger charge is -2.29. The molecule has 2 aliphatic heterocycles. The molecule has 8 heteroatoms. The molecule has 0 bridgehead atoms. The Labute approximate surface area is 151 Å². The fourth-order valence-electron chi connectivity index (χ4n) is 3.14. The van der Waals surface area contributed by atoms with Gasteiger partial charge in [-0.05, 0) is 48.7 Å². The summed E-state index contributed by atoms with van der Waals surface area (Å²) in [4.78, 5) is 12.5. The van der Waals surface area contributed by atoms with Crippen LogP contribution in [0.1, 0.15) is 22.3 Å². The number of hydrogen-bond donors (Lipinski definition) is 0. The van der Waals surface area contributed by atoms with Gasteiger partial charge in [0.15, 0.2) is 11.5 Å². The van der Waals surface area contributed by atoms with Crippen LogP contribution in [0.4, 0.5) is 5.69 Å². The zero-order valence-electron chi connectivity index (χ0n) is 14.1. The smallest absolute Gasteiger partial charge is 0.343 e. The summed E-state index contributed by atoms with van der Waals surface area (Å²) in [6.45, 7) is 0.598. The van der Waals surface area contributed by atoms with Crippen molar-refractivity contribution in [3.63, 3.8) is 0 Å². The van der Waals surface area contributed by atoms with Gasteiger partial charge in [0.2, 0.25) is 16.8 Å². The van der Waals surface area contributed by atoms with E-state index in [1.165, 1.54) is 10.6 Å². The first-order valence-electron chi connectivity index (χ1n) is 8.14. The summed E-state index contributed by atoms with van der Waals surface area (Å²) in [7, 11) is -3.34. The van der Waals surface area contributed by atoms with Crippen molar-refractivity contribution < 1.29 is 27.4 Å². The van der Waals surface area contributed by atoms with Crippen molar-refractivity contribution >= 4 is 21.7 Å². The molecular formula is C18H17NO6S. The molecule has 2 heterocycles. The van der Waals surface area contributed by atoms with Crippen molar-refractivity contribution in [3.8, 4) is 17.2 Å². The van der Waals surface area contributed by atoms with E-state index in [1.807, 2.05) is 0 Å². The summed E-state index contributed by atoms with van der Waals surface area (Å²) in [5, 5.41) is 0. The molecule has 136 valence electrons. The minimum atomic E-state index is -3.34. The Balaban J connectivity index is 1.57. The number of aryl methyl sites for hydroxylation is 1. The van der Waals surface area contributed by atoms with Crippen LogP contribution in [-0.4, -0.2) is 34.0 Å². The molecule has 2 aromatic carbocycles. The first kappa shape index (κ1) is 16.7. The molecule has 0 spiro atoms. The van der Waals surface area contributed by atoms with Crippen molar-refractivity contribution in [2.24, 2.45) is 0 Å². The lowest BCUT2D eigenvalue weighted by molar-refractivity contribution is 0.0734. The van der Waals surface area contributed by atoms with E-state index in [9.17, 15) is 13.2 Å². The Hall–Kier alpha value is -2.74. The Bertz CT molecular complexity index is 985. The summed E-state index contributed by atoms with van der Waals surface area (Å²) in [5.41, 5.74) is 1.82. The first-order valence-corrected chi connectivity index (χ1v) is 9.99. The normalized spacial score (nSPS) is 15.5. The maximum absolute atomic E-state index is 12.5. The zero-order chi connectivity index (χ0) is 18.3. The number of benzene rings is 2. The number of sulfonamides is 1. The fraction of sp³-hybridized carbons (Fsp3) is 0.278. The van der Waals surface area contributed by atoms with E-state index in [2.05, 4.69) is 0 Å². The van der Waals surface area contributed by atoms with Crippen molar-refractivity contribution in [2.45, 2.75) is 12.8 Å². The molecule has 0 atom stereocenters. The van der Waals surface area contributed by atoms with Crippen LogP contribution in [0.5, 0.6) is 17.2 Å². The Kier molecular flexibility index (Phi) is 3.99. The molecule has 4 rings (SSSR count). The van der Waals surface area contributed by atoms with Gasteiger partial charge >= 0.3 is 5.97 Å². The van der Waals surface area contributed by atoms with E-state index in [0.717, 1.165) is 5.56 Å². The van der Waals surface area contributed by atoms with Crippen LogP contribution in [0.3, 0.4) is 0 Å². The number of carbonyl (C=O) groups excluding carboxylic acids is 1. The van der Waals surface area contributed by atoms with Gasteiger partial charge < -0.3 is 14.2 Å². The second kappa shape index (κ2) is 6.21. The predicted molar refractivity (Wildman–Crippen MR) is 94.5 cm³/mol. The number of hydrogen-bond acceptors (Lipinski definition) is 6. The molecule has 0 radical (unpaired) electrons. The number of ether oxygens (including phenoxy) is 3. The number of esters is 1. The van der Waals surface area contributed by atoms with Gasteiger partial charge in [0.1, 0.15) is 5.75 Å². The average molecular weight is 375 g/mol. The highest BCUT2D eigenvalue weighted by Gasteiger charge is 2.25. The first-order chi connectivity index (χ1) is 12.4. The van der Waals surface area contributed by atoms with Crippen molar-refractivity contribution in [1.29, 1.82) is 0 Å². The average Bonchev–Trinajstić information content (AvgIpc) is 3.07. The lowest BCUT2D eigenvalue weighted by Crippen LogP contribution is -2.34. The summed E-state index contributed by atoms with van der Waals surface area (Å²) >= 11 is 0. The quantitative estimate of drug-likeness (QED) is 0.605. The zero-order valence-corrected chi connectivity index (χ0v) is 14.9. The second-order valence-corrected chi connectivity index (χ2v) is 8.09. The number of rotatable bonds is 3. The van der Waals surface area contributed by atoms with E-state index in [0.29, 0.717) is 47.9 Å². The van der Waals surface area contributed by atoms with E-state index >= 15 is 0 Å². The van der Waals surface area contributed by atoms with E-state index < -0.39 is 16.0 Å². The molecule has 0 fully saturated rings. The van der Waals surface area contributed by atoms with Crippen LogP contribution in [0.15, 0.2) is 36.4 Å². The van der Waals surface area contributed by atoms with Gasteiger partial charge in [-0.25, -0.2) is 13.2 Å². The van der Waals surface area contributed by atoms with Crippen molar-refractivity contribution in [3.05, 3.63) is 47.5 Å². The highest BCUT2D eigenvalue weighted by Crippen LogP contribution is 2.35. The highest BCUT2D eigenvalue weighted by atomic mass is 32.2. The van der Waals surface area contributed by atoms with Gasteiger partial charge in [0, 0.05) is 12.6 Å². The Morgan fingerprint density at radius 3 is 2.73 bits per heavy atom. The van der Waals surface area contributed by atoms with Gasteiger partial charge in [0.25, 0.3) is 0 Å². The van der Waals surface area contributed by atoms with Gasteiger partial charge in [-0.2, -0.15) is 0 Å². The summed E-state index contributed by atoms with van der Waals surface area (Å²) in [5.74, 6) is 0.988. The summed E-state index contributed by atoms with van der Waals surface area (Å²) < 4.78 is 41.1. The van der Waals surface area contributed by atoms with Crippen molar-refractivity contribution in [2.75, 3.05) is 23.9 Å². The maximum atomic E-state index is 12.5. The number of fused-ring (bicyclic) bond motifs is 2. The summed E-state index contributed by atoms with van der Waals surface area (Å²) in [6, 6.07) is 9.85. The molecular weight excluding hydrogens is 358 g/mol. The van der Waals surface area contributed by atoms with Crippen LogP contribution < -0.4 is 18.5 Å². The van der Waals surface area contributed by atoms with E-state index in [4.69, 9.17) is 14.2 Å². The number of nitrogens with zero attached hydrogens (tertiary/aromatic N) is 1. The third-order valence-electron chi connectivity index (χ3n) is 4.35. The van der Waals surface area contributed by atoms with Crippen LogP contribution in [0.2, 0.25) is 0 Å². The Morgan fingerprint density at radius 2 is 1.92 bits per heavy atom. The molecule has 0 N–H and O–H groups in total. The van der Waals surface area contributed by atoms with Gasteiger partial charge in [-0.1, -0.05) is 0 Å². The maximum Gasteiger partial charge on any atom is 0.343 e. The molecule has 0 aliphatic carbocycles. The molecule has 0 saturated carbocycles. The van der Waals surface area contributed by atoms with E-state index in [-0.39, 0.29) is 6.79 Å². The molecule has 2 aliphatic rings. The summed E-state index contributed by atoms with van der Waals surface area (Å²) in [6.07, 6.45) is 2.61. The largest absolute Gasteiger partial charge is 0.454 e. The van der Waals surface area contributed by atoms with Crippen LogP contribution in [0, 0.1) is 0 Å².